The largest absolute Gasteiger partial charge is 0.507 e. The Hall–Kier alpha value is -2.62. The van der Waals surface area contributed by atoms with Gasteiger partial charge in [0.15, 0.2) is 0 Å². The highest BCUT2D eigenvalue weighted by molar-refractivity contribution is 5.85. The van der Waals surface area contributed by atoms with Gasteiger partial charge in [-0.1, -0.05) is 80.4 Å². The number of aliphatic imine (C=N–C) groups is 2. The number of hydrogen-bond donors (Lipinski definition) is 2. The molecule has 34 heavy (non-hydrogen) atoms. The molecule has 2 N–H and O–H groups in total. The Bertz CT molecular complexity index is 938. The van der Waals surface area contributed by atoms with Crippen LogP contribution in [-0.2, 0) is 23.7 Å². The fraction of sp³-hybridized carbons (Fsp3) is 0.533. The second kappa shape index (κ2) is 11.7. The topological polar surface area (TPSA) is 65.2 Å². The van der Waals surface area contributed by atoms with E-state index >= 15 is 0 Å². The minimum Gasteiger partial charge on any atom is -0.507 e. The molecule has 4 heteroatoms. The summed E-state index contributed by atoms with van der Waals surface area (Å²) in [6, 6.07) is 8.30. The van der Waals surface area contributed by atoms with Crippen LogP contribution >= 0.6 is 0 Å². The quantitative estimate of drug-likeness (QED) is 0.306. The fourth-order valence-corrected chi connectivity index (χ4v) is 4.09. The van der Waals surface area contributed by atoms with Gasteiger partial charge in [-0.3, -0.25) is 9.98 Å². The average Bonchev–Trinajstić information content (AvgIpc) is 2.73. The van der Waals surface area contributed by atoms with Gasteiger partial charge in [-0.2, -0.15) is 0 Å². The van der Waals surface area contributed by atoms with Crippen LogP contribution in [0.15, 0.2) is 34.3 Å². The second-order valence-electron chi connectivity index (χ2n) is 11.2. The van der Waals surface area contributed by atoms with Gasteiger partial charge in [0, 0.05) is 34.7 Å². The first kappa shape index (κ1) is 27.6. The van der Waals surface area contributed by atoms with Crippen molar-refractivity contribution in [3.05, 3.63) is 57.6 Å². The molecule has 0 spiro atoms. The number of phenolic OH excluding ortho intramolecular Hbond substituents is 2. The maximum atomic E-state index is 10.8. The number of benzene rings is 2. The minimum atomic E-state index is -0.138. The molecule has 2 aromatic carbocycles. The van der Waals surface area contributed by atoms with Crippen molar-refractivity contribution >= 4 is 12.4 Å². The molecule has 0 fully saturated rings. The lowest BCUT2D eigenvalue weighted by molar-refractivity contribution is 0.444. The van der Waals surface area contributed by atoms with Crippen molar-refractivity contribution in [2.45, 2.75) is 91.9 Å². The number of aryl methyl sites for hydroxylation is 2. The maximum absolute atomic E-state index is 10.8. The molecule has 0 saturated carbocycles. The van der Waals surface area contributed by atoms with Crippen LogP contribution in [0.3, 0.4) is 0 Å². The number of phenols is 2. The van der Waals surface area contributed by atoms with E-state index in [9.17, 15) is 10.2 Å². The third kappa shape index (κ3) is 7.44. The van der Waals surface area contributed by atoms with E-state index < -0.39 is 0 Å². The molecule has 4 nitrogen and oxygen atoms in total. The van der Waals surface area contributed by atoms with E-state index in [1.54, 1.807) is 12.4 Å². The van der Waals surface area contributed by atoms with Crippen LogP contribution in [0.25, 0.3) is 0 Å². The van der Waals surface area contributed by atoms with Gasteiger partial charge >= 0.3 is 0 Å². The van der Waals surface area contributed by atoms with Crippen LogP contribution in [0.1, 0.15) is 102 Å². The Kier molecular flexibility index (Phi) is 9.49. The summed E-state index contributed by atoms with van der Waals surface area (Å²) in [7, 11) is 0. The lowest BCUT2D eigenvalue weighted by Crippen LogP contribution is -2.13. The monoisotopic (exact) mass is 464 g/mol. The summed E-state index contributed by atoms with van der Waals surface area (Å²) in [5.74, 6) is 0.624. The van der Waals surface area contributed by atoms with Crippen LogP contribution in [0, 0.1) is 0 Å². The van der Waals surface area contributed by atoms with E-state index in [-0.39, 0.29) is 10.8 Å². The second-order valence-corrected chi connectivity index (χ2v) is 11.2. The highest BCUT2D eigenvalue weighted by atomic mass is 16.3. The summed E-state index contributed by atoms with van der Waals surface area (Å²) in [5.41, 5.74) is 5.61. The third-order valence-corrected chi connectivity index (χ3v) is 5.91. The van der Waals surface area contributed by atoms with Gasteiger partial charge in [-0.05, 0) is 46.9 Å². The molecule has 186 valence electrons. The summed E-state index contributed by atoms with van der Waals surface area (Å²) >= 11 is 0. The molecule has 2 aromatic rings. The molecule has 0 aliphatic carbocycles. The molecular weight excluding hydrogens is 420 g/mol. The molecule has 0 aliphatic rings. The van der Waals surface area contributed by atoms with Crippen LogP contribution < -0.4 is 0 Å². The zero-order valence-corrected chi connectivity index (χ0v) is 22.5. The van der Waals surface area contributed by atoms with E-state index in [1.165, 1.54) is 11.1 Å². The van der Waals surface area contributed by atoms with Crippen molar-refractivity contribution in [2.75, 3.05) is 13.1 Å². The smallest absolute Gasteiger partial charge is 0.128 e. The maximum Gasteiger partial charge on any atom is 0.128 e. The summed E-state index contributed by atoms with van der Waals surface area (Å²) in [4.78, 5) is 9.05. The number of rotatable bonds is 9. The normalized spacial score (nSPS) is 12.8. The Morgan fingerprint density at radius 2 is 1.00 bits per heavy atom. The predicted octanol–water partition coefficient (Wildman–Crippen LogP) is 7.14. The van der Waals surface area contributed by atoms with Crippen LogP contribution in [0.4, 0.5) is 0 Å². The molecule has 0 radical (unpaired) electrons. The molecular formula is C30H44N2O2. The van der Waals surface area contributed by atoms with Gasteiger partial charge in [0.05, 0.1) is 13.1 Å². The Morgan fingerprint density at radius 3 is 1.29 bits per heavy atom. The van der Waals surface area contributed by atoms with Crippen LogP contribution in [0.2, 0.25) is 0 Å². The molecule has 0 unspecified atom stereocenters. The SMILES string of the molecule is CCCc1cc(C=NCCN=Cc2cc(CCC)cc(C(C)(C)C)c2O)c(O)c(C(C)(C)C)c1. The zero-order valence-electron chi connectivity index (χ0n) is 22.5. The van der Waals surface area contributed by atoms with E-state index in [2.05, 4.69) is 77.5 Å². The molecule has 0 amide bonds. The standard InChI is InChI=1S/C30H44N2O2/c1-9-11-21-15-23(27(33)25(17-21)29(3,4)5)19-31-13-14-32-20-24-16-22(12-10-2)18-26(28(24)34)30(6,7)8/h15-20,33-34H,9-14H2,1-8H3. The molecule has 2 rings (SSSR count). The van der Waals surface area contributed by atoms with E-state index in [4.69, 9.17) is 0 Å². The first-order valence-electron chi connectivity index (χ1n) is 12.6. The molecule has 0 bridgehead atoms. The Morgan fingerprint density at radius 1 is 0.647 bits per heavy atom. The van der Waals surface area contributed by atoms with E-state index in [0.717, 1.165) is 47.9 Å². The summed E-state index contributed by atoms with van der Waals surface area (Å²) in [5, 5.41) is 21.6. The van der Waals surface area contributed by atoms with Gasteiger partial charge in [-0.25, -0.2) is 0 Å². The van der Waals surface area contributed by atoms with Crippen molar-refractivity contribution in [1.82, 2.24) is 0 Å². The highest BCUT2D eigenvalue weighted by Gasteiger charge is 2.21. The third-order valence-electron chi connectivity index (χ3n) is 5.91. The number of nitrogens with zero attached hydrogens (tertiary/aromatic N) is 2. The Balaban J connectivity index is 2.17. The van der Waals surface area contributed by atoms with Crippen molar-refractivity contribution in [3.63, 3.8) is 0 Å². The number of hydrogen-bond acceptors (Lipinski definition) is 4. The van der Waals surface area contributed by atoms with Gasteiger partial charge < -0.3 is 10.2 Å². The van der Waals surface area contributed by atoms with Crippen LogP contribution in [0.5, 0.6) is 11.5 Å². The Labute approximate surface area is 206 Å². The van der Waals surface area contributed by atoms with E-state index in [0.29, 0.717) is 24.6 Å². The summed E-state index contributed by atoms with van der Waals surface area (Å²) in [6.07, 6.45) is 7.59. The molecule has 0 atom stereocenters. The summed E-state index contributed by atoms with van der Waals surface area (Å²) in [6.45, 7) is 18.0. The van der Waals surface area contributed by atoms with E-state index in [1.807, 2.05) is 12.1 Å². The molecule has 0 aromatic heterocycles. The van der Waals surface area contributed by atoms with Crippen molar-refractivity contribution in [1.29, 1.82) is 0 Å². The predicted molar refractivity (Wildman–Crippen MR) is 147 cm³/mol. The fourth-order valence-electron chi connectivity index (χ4n) is 4.09. The zero-order chi connectivity index (χ0) is 25.5. The van der Waals surface area contributed by atoms with Gasteiger partial charge in [-0.15, -0.1) is 0 Å². The van der Waals surface area contributed by atoms with Crippen molar-refractivity contribution < 1.29 is 10.2 Å². The molecule has 0 aliphatic heterocycles. The highest BCUT2D eigenvalue weighted by Crippen LogP contribution is 2.35. The van der Waals surface area contributed by atoms with Gasteiger partial charge in [0.25, 0.3) is 0 Å². The first-order chi connectivity index (χ1) is 15.9. The molecule has 0 saturated heterocycles. The lowest BCUT2D eigenvalue weighted by atomic mass is 9.83. The van der Waals surface area contributed by atoms with Crippen LogP contribution in [-0.4, -0.2) is 35.7 Å². The average molecular weight is 465 g/mol. The lowest BCUT2D eigenvalue weighted by Gasteiger charge is -2.22. The van der Waals surface area contributed by atoms with Crippen molar-refractivity contribution in [2.24, 2.45) is 9.98 Å². The van der Waals surface area contributed by atoms with Gasteiger partial charge in [0.1, 0.15) is 11.5 Å². The minimum absolute atomic E-state index is 0.138. The first-order valence-corrected chi connectivity index (χ1v) is 12.6. The van der Waals surface area contributed by atoms with Crippen molar-refractivity contribution in [3.8, 4) is 11.5 Å². The van der Waals surface area contributed by atoms with Gasteiger partial charge in [0.2, 0.25) is 0 Å². The summed E-state index contributed by atoms with van der Waals surface area (Å²) < 4.78 is 0. The molecule has 0 heterocycles. The number of aromatic hydroxyl groups is 2.